The molecule has 0 bridgehead atoms. The van der Waals surface area contributed by atoms with Gasteiger partial charge in [-0.25, -0.2) is 9.97 Å². The van der Waals surface area contributed by atoms with Crippen LogP contribution in [0.2, 0.25) is 5.02 Å². The third kappa shape index (κ3) is 22.2. The third-order valence-corrected chi connectivity index (χ3v) is 14.6. The number of nitrogens with one attached hydrogen (secondary N) is 3. The molecule has 20 heteroatoms. The molecule has 1 aromatic heterocycles. The van der Waals surface area contributed by atoms with Crippen molar-refractivity contribution in [2.45, 2.75) is 102 Å². The summed E-state index contributed by atoms with van der Waals surface area (Å²) in [6.07, 6.45) is 5.37. The molecule has 412 valence electrons. The summed E-state index contributed by atoms with van der Waals surface area (Å²) in [5.74, 6) is 1.57. The average molecular weight is 1070 g/mol. The number of amides is 2. The van der Waals surface area contributed by atoms with E-state index in [0.29, 0.717) is 46.3 Å². The Labute approximate surface area is 454 Å². The molecule has 3 aliphatic heterocycles. The number of aromatic nitrogens is 2. The number of aldehydes is 1. The van der Waals surface area contributed by atoms with Gasteiger partial charge in [0, 0.05) is 119 Å². The number of carbonyl (C=O) groups excluding carboxylic acids is 3. The summed E-state index contributed by atoms with van der Waals surface area (Å²) in [6, 6.07) is 17.8. The number of phenols is 2. The zero-order valence-electron chi connectivity index (χ0n) is 45.5. The van der Waals surface area contributed by atoms with Crippen molar-refractivity contribution in [1.82, 2.24) is 34.9 Å². The second kappa shape index (κ2) is 32.7. The first-order valence-electron chi connectivity index (χ1n) is 25.7. The van der Waals surface area contributed by atoms with Gasteiger partial charge in [0.05, 0.1) is 16.9 Å². The third-order valence-electron chi connectivity index (χ3n) is 13.0. The molecule has 0 unspecified atom stereocenters. The highest BCUT2D eigenvalue weighted by molar-refractivity contribution is 7.99. The number of piperidine rings is 1. The number of nitrogen functional groups attached to an aromatic ring is 1. The number of nitrogens with zero attached hydrogens (tertiary/aromatic N) is 7. The van der Waals surface area contributed by atoms with Crippen LogP contribution in [0.1, 0.15) is 94.5 Å². The van der Waals surface area contributed by atoms with Crippen LogP contribution in [0.5, 0.6) is 11.5 Å². The van der Waals surface area contributed by atoms with Crippen molar-refractivity contribution in [3.8, 4) is 11.5 Å². The van der Waals surface area contributed by atoms with Crippen molar-refractivity contribution >= 4 is 65.0 Å². The molecule has 11 N–H and O–H groups in total. The van der Waals surface area contributed by atoms with Gasteiger partial charge in [-0.2, -0.15) is 0 Å². The molecule has 4 heterocycles. The van der Waals surface area contributed by atoms with E-state index in [9.17, 15) is 19.8 Å². The number of anilines is 2. The SMILES string of the molecule is CC(=N)C=O.CC(=N)c1cc(C(C)C)c(O)cc1O.CCNC.Cc1ccc(CN2CCN(CCN3CCN(C(=O)CCc4cccc(Sc5ncc(N6CCC(C)(N)CC6)nc5N)c4Cl)CC3)CC2)cc1.NC=O. The average Bonchev–Trinajstić information content (AvgIpc) is 3.38. The number of benzene rings is 3. The molecule has 3 aromatic carbocycles. The molecule has 0 atom stereocenters. The summed E-state index contributed by atoms with van der Waals surface area (Å²) < 4.78 is 0. The van der Waals surface area contributed by atoms with Crippen molar-refractivity contribution in [3.63, 3.8) is 0 Å². The van der Waals surface area contributed by atoms with Crippen LogP contribution < -0.4 is 27.4 Å². The first kappa shape index (κ1) is 63.6. The van der Waals surface area contributed by atoms with E-state index in [1.165, 1.54) is 35.9 Å². The number of piperazine rings is 2. The Morgan fingerprint density at radius 3 is 1.96 bits per heavy atom. The molecule has 3 fully saturated rings. The quantitative estimate of drug-likeness (QED) is 0.0464. The Balaban J connectivity index is 0.000000468. The molecule has 75 heavy (non-hydrogen) atoms. The molecule has 0 aliphatic carbocycles. The van der Waals surface area contributed by atoms with Gasteiger partial charge in [0.1, 0.15) is 22.3 Å². The Kier molecular flexibility index (Phi) is 27.7. The Morgan fingerprint density at radius 1 is 0.907 bits per heavy atom. The number of rotatable bonds is 15. The molecule has 0 spiro atoms. The van der Waals surface area contributed by atoms with Gasteiger partial charge in [0.25, 0.3) is 0 Å². The highest BCUT2D eigenvalue weighted by Gasteiger charge is 2.28. The van der Waals surface area contributed by atoms with E-state index in [-0.39, 0.29) is 41.0 Å². The maximum absolute atomic E-state index is 13.2. The van der Waals surface area contributed by atoms with Crippen molar-refractivity contribution in [3.05, 3.63) is 93.6 Å². The van der Waals surface area contributed by atoms with Crippen LogP contribution in [0.25, 0.3) is 0 Å². The minimum atomic E-state index is -0.133. The minimum Gasteiger partial charge on any atom is -0.508 e. The first-order chi connectivity index (χ1) is 35.6. The maximum Gasteiger partial charge on any atom is 0.222 e. The molecular weight excluding hydrogens is 990 g/mol. The largest absolute Gasteiger partial charge is 0.508 e. The van der Waals surface area contributed by atoms with Crippen LogP contribution in [0.3, 0.4) is 0 Å². The smallest absolute Gasteiger partial charge is 0.222 e. The van der Waals surface area contributed by atoms with E-state index < -0.39 is 0 Å². The van der Waals surface area contributed by atoms with Crippen molar-refractivity contribution < 1.29 is 24.6 Å². The lowest BCUT2D eigenvalue weighted by atomic mass is 9.91. The minimum absolute atomic E-state index is 0.0422. The second-order valence-electron chi connectivity index (χ2n) is 19.6. The molecule has 2 amide bonds. The van der Waals surface area contributed by atoms with Crippen LogP contribution in [0.4, 0.5) is 11.6 Å². The van der Waals surface area contributed by atoms with Gasteiger partial charge in [0.15, 0.2) is 12.1 Å². The highest BCUT2D eigenvalue weighted by Crippen LogP contribution is 2.38. The topological polar surface area (TPSA) is 271 Å². The number of hydrogen-bond acceptors (Lipinski definition) is 17. The monoisotopic (exact) mass is 1070 g/mol. The fourth-order valence-corrected chi connectivity index (χ4v) is 9.34. The molecular formula is C55H84ClN13O5S. The van der Waals surface area contributed by atoms with Gasteiger partial charge in [-0.3, -0.25) is 29.1 Å². The van der Waals surface area contributed by atoms with Gasteiger partial charge in [0.2, 0.25) is 12.3 Å². The number of aromatic hydroxyl groups is 2. The number of phenolic OH excluding ortho intramolecular Hbond substituents is 2. The molecule has 3 saturated heterocycles. The summed E-state index contributed by atoms with van der Waals surface area (Å²) in [5.41, 5.74) is 21.9. The summed E-state index contributed by atoms with van der Waals surface area (Å²) in [6.45, 7) is 27.1. The Morgan fingerprint density at radius 2 is 1.45 bits per heavy atom. The zero-order chi connectivity index (χ0) is 55.7. The van der Waals surface area contributed by atoms with Crippen LogP contribution in [0, 0.1) is 17.7 Å². The van der Waals surface area contributed by atoms with E-state index in [1.807, 2.05) is 44.0 Å². The molecule has 7 rings (SSSR count). The number of halogens is 1. The van der Waals surface area contributed by atoms with Crippen LogP contribution in [0.15, 0.2) is 70.7 Å². The predicted molar refractivity (Wildman–Crippen MR) is 306 cm³/mol. The molecule has 0 saturated carbocycles. The summed E-state index contributed by atoms with van der Waals surface area (Å²) in [7, 11) is 1.93. The number of aryl methyl sites for hydroxylation is 2. The fraction of sp³-hybridized carbons (Fsp3) is 0.509. The first-order valence-corrected chi connectivity index (χ1v) is 26.9. The Hall–Kier alpha value is -5.67. The lowest BCUT2D eigenvalue weighted by molar-refractivity contribution is -0.133. The molecule has 0 radical (unpaired) electrons. The van der Waals surface area contributed by atoms with Gasteiger partial charge < -0.3 is 53.3 Å². The Bertz CT molecular complexity index is 2420. The van der Waals surface area contributed by atoms with E-state index in [0.717, 1.165) is 126 Å². The number of carbonyl (C=O) groups is 3. The van der Waals surface area contributed by atoms with Gasteiger partial charge >= 0.3 is 0 Å². The van der Waals surface area contributed by atoms with Crippen molar-refractivity contribution in [2.24, 2.45) is 11.5 Å². The number of hydrogen-bond donors (Lipinski definition) is 8. The molecule has 4 aromatic rings. The summed E-state index contributed by atoms with van der Waals surface area (Å²) in [5, 5.41) is 37.0. The fourth-order valence-electron chi connectivity index (χ4n) is 8.18. The van der Waals surface area contributed by atoms with Crippen LogP contribution in [-0.4, -0.2) is 167 Å². The lowest BCUT2D eigenvalue weighted by Crippen LogP contribution is -2.52. The van der Waals surface area contributed by atoms with E-state index in [2.05, 4.69) is 85.7 Å². The standard InChI is InChI=1S/C37H52ClN9OS.C11H15NO2.C3H5NO.C3H9N.CH3NO/c1-28-6-8-29(9-7-28)27-45-20-18-43(19-21-45)16-17-44-22-24-47(25-23-44)33(48)11-10-30-4-3-5-31(34(30)38)49-36-35(39)42-32(26-41-36)46-14-12-37(2,40)13-15-46;1-6(2)8-4-9(7(3)12)11(14)5-10(8)13;1-3(4)2-5;1-3-4-2;2-1-3/h3-9,26H,10-25,27,40H2,1-2H3,(H2,39,42);4-6,12-14H,1-3H3;2,4H,1H3;4H,3H2,1-2H3;1H,(H2,2,3). The van der Waals surface area contributed by atoms with Crippen molar-refractivity contribution in [1.29, 1.82) is 10.8 Å². The highest BCUT2D eigenvalue weighted by atomic mass is 35.5. The van der Waals surface area contributed by atoms with Gasteiger partial charge in [-0.1, -0.05) is 86.1 Å². The van der Waals surface area contributed by atoms with Gasteiger partial charge in [-0.15, -0.1) is 0 Å². The second-order valence-corrected chi connectivity index (χ2v) is 21.0. The summed E-state index contributed by atoms with van der Waals surface area (Å²) in [4.78, 5) is 53.0. The normalized spacial score (nSPS) is 15.6. The van der Waals surface area contributed by atoms with Crippen LogP contribution in [-0.2, 0) is 27.3 Å². The van der Waals surface area contributed by atoms with Gasteiger partial charge in [-0.05, 0) is 95.3 Å². The zero-order valence-corrected chi connectivity index (χ0v) is 47.1. The molecule has 3 aliphatic rings. The van der Waals surface area contributed by atoms with E-state index >= 15 is 0 Å². The van der Waals surface area contributed by atoms with Crippen molar-refractivity contribution in [2.75, 3.05) is 103 Å². The van der Waals surface area contributed by atoms with Crippen LogP contribution >= 0.6 is 23.4 Å². The maximum atomic E-state index is 13.2. The molecule has 18 nitrogen and oxygen atoms in total. The van der Waals surface area contributed by atoms with E-state index in [1.54, 1.807) is 19.2 Å². The van der Waals surface area contributed by atoms with E-state index in [4.69, 9.17) is 38.7 Å². The lowest BCUT2D eigenvalue weighted by Gasteiger charge is -2.38. The number of nitrogens with two attached hydrogens (primary N) is 3. The number of primary amides is 1. The predicted octanol–water partition coefficient (Wildman–Crippen LogP) is 6.55. The summed E-state index contributed by atoms with van der Waals surface area (Å²) >= 11 is 8.27.